The number of anilines is 1. The van der Waals surface area contributed by atoms with E-state index in [4.69, 9.17) is 10.5 Å². The fraction of sp³-hybridized carbons (Fsp3) is 0.636. The van der Waals surface area contributed by atoms with E-state index < -0.39 is 4.92 Å². The van der Waals surface area contributed by atoms with Crippen LogP contribution in [-0.2, 0) is 0 Å². The molecule has 0 bridgehead atoms. The lowest BCUT2D eigenvalue weighted by atomic mass is 9.89. The summed E-state index contributed by atoms with van der Waals surface area (Å²) in [5.74, 6) is 0.655. The van der Waals surface area contributed by atoms with Crippen LogP contribution in [-0.4, -0.2) is 21.0 Å². The van der Waals surface area contributed by atoms with E-state index in [0.29, 0.717) is 5.92 Å². The second-order valence-corrected chi connectivity index (χ2v) is 4.68. The van der Waals surface area contributed by atoms with Crippen LogP contribution in [0.3, 0.4) is 0 Å². The standard InChI is InChI=1S/C11H16N4O3/c1-7-2-4-8(5-3-7)18-10-9(15(16)17)6-13-11(12)14-10/h6-8H,2-5H2,1H3,(H2,12,13,14). The Morgan fingerprint density at radius 1 is 1.44 bits per heavy atom. The van der Waals surface area contributed by atoms with Crippen LogP contribution < -0.4 is 10.5 Å². The van der Waals surface area contributed by atoms with E-state index in [1.807, 2.05) is 0 Å². The number of aromatic nitrogens is 2. The molecule has 7 nitrogen and oxygen atoms in total. The van der Waals surface area contributed by atoms with Crippen molar-refractivity contribution in [1.82, 2.24) is 9.97 Å². The highest BCUT2D eigenvalue weighted by Gasteiger charge is 2.25. The first-order valence-corrected chi connectivity index (χ1v) is 6.00. The first-order valence-electron chi connectivity index (χ1n) is 6.00. The number of hydrogen-bond donors (Lipinski definition) is 1. The zero-order valence-electron chi connectivity index (χ0n) is 10.2. The van der Waals surface area contributed by atoms with Crippen molar-refractivity contribution in [3.63, 3.8) is 0 Å². The first kappa shape index (κ1) is 12.5. The van der Waals surface area contributed by atoms with Crippen LogP contribution in [0.4, 0.5) is 11.6 Å². The normalized spacial score (nSPS) is 23.6. The molecular weight excluding hydrogens is 236 g/mol. The van der Waals surface area contributed by atoms with Gasteiger partial charge in [0.25, 0.3) is 5.88 Å². The highest BCUT2D eigenvalue weighted by Crippen LogP contribution is 2.30. The summed E-state index contributed by atoms with van der Waals surface area (Å²) in [6.07, 6.45) is 4.99. The van der Waals surface area contributed by atoms with Gasteiger partial charge in [0, 0.05) is 0 Å². The number of nitro groups is 1. The number of nitrogen functional groups attached to an aromatic ring is 1. The van der Waals surface area contributed by atoms with E-state index in [9.17, 15) is 10.1 Å². The third-order valence-corrected chi connectivity index (χ3v) is 3.19. The fourth-order valence-corrected chi connectivity index (χ4v) is 2.09. The van der Waals surface area contributed by atoms with Crippen LogP contribution in [0.5, 0.6) is 5.88 Å². The molecule has 0 aromatic carbocycles. The molecule has 0 spiro atoms. The Kier molecular flexibility index (Phi) is 3.59. The highest BCUT2D eigenvalue weighted by molar-refractivity contribution is 5.41. The zero-order chi connectivity index (χ0) is 13.1. The molecule has 7 heteroatoms. The van der Waals surface area contributed by atoms with Crippen molar-refractivity contribution < 1.29 is 9.66 Å². The smallest absolute Gasteiger partial charge is 0.349 e. The molecule has 0 unspecified atom stereocenters. The predicted octanol–water partition coefficient (Wildman–Crippen LogP) is 1.92. The molecule has 1 fully saturated rings. The average Bonchev–Trinajstić information content (AvgIpc) is 2.32. The Hall–Kier alpha value is -1.92. The maximum atomic E-state index is 10.8. The van der Waals surface area contributed by atoms with Crippen molar-refractivity contribution in [3.8, 4) is 5.88 Å². The minimum absolute atomic E-state index is 0.0141. The van der Waals surface area contributed by atoms with E-state index in [-0.39, 0.29) is 23.6 Å². The summed E-state index contributed by atoms with van der Waals surface area (Å²) in [7, 11) is 0. The van der Waals surface area contributed by atoms with Gasteiger partial charge < -0.3 is 10.5 Å². The molecule has 0 atom stereocenters. The number of rotatable bonds is 3. The molecule has 0 saturated heterocycles. The number of ether oxygens (including phenoxy) is 1. The molecule has 0 amide bonds. The maximum absolute atomic E-state index is 10.8. The van der Waals surface area contributed by atoms with Gasteiger partial charge in [-0.05, 0) is 31.6 Å². The lowest BCUT2D eigenvalue weighted by Crippen LogP contribution is -2.24. The third kappa shape index (κ3) is 2.85. The van der Waals surface area contributed by atoms with Gasteiger partial charge in [-0.1, -0.05) is 6.92 Å². The number of hydrogen-bond acceptors (Lipinski definition) is 6. The Morgan fingerprint density at radius 2 is 2.11 bits per heavy atom. The number of nitrogens with zero attached hydrogens (tertiary/aromatic N) is 3. The summed E-state index contributed by atoms with van der Waals surface area (Å²) in [4.78, 5) is 17.7. The van der Waals surface area contributed by atoms with Gasteiger partial charge in [-0.25, -0.2) is 4.98 Å². The molecule has 1 saturated carbocycles. The Labute approximate surface area is 105 Å². The van der Waals surface area contributed by atoms with E-state index in [1.54, 1.807) is 0 Å². The highest BCUT2D eigenvalue weighted by atomic mass is 16.6. The molecule has 1 aromatic rings. The SMILES string of the molecule is CC1CCC(Oc2nc(N)ncc2[N+](=O)[O-])CC1. The third-order valence-electron chi connectivity index (χ3n) is 3.19. The molecule has 1 aromatic heterocycles. The minimum atomic E-state index is -0.555. The molecule has 0 radical (unpaired) electrons. The molecule has 0 aliphatic heterocycles. The van der Waals surface area contributed by atoms with E-state index in [2.05, 4.69) is 16.9 Å². The molecule has 98 valence electrons. The summed E-state index contributed by atoms with van der Waals surface area (Å²) in [6, 6.07) is 0. The van der Waals surface area contributed by atoms with Gasteiger partial charge in [0.2, 0.25) is 5.95 Å². The lowest BCUT2D eigenvalue weighted by Gasteiger charge is -2.26. The number of nitrogens with two attached hydrogens (primary N) is 1. The first-order chi connectivity index (χ1) is 8.56. The van der Waals surface area contributed by atoms with E-state index in [1.165, 1.54) is 0 Å². The van der Waals surface area contributed by atoms with Crippen LogP contribution >= 0.6 is 0 Å². The Balaban J connectivity index is 2.12. The summed E-state index contributed by atoms with van der Waals surface area (Å²) in [5.41, 5.74) is 5.20. The van der Waals surface area contributed by atoms with E-state index in [0.717, 1.165) is 31.9 Å². The second kappa shape index (κ2) is 5.16. The lowest BCUT2D eigenvalue weighted by molar-refractivity contribution is -0.386. The van der Waals surface area contributed by atoms with E-state index >= 15 is 0 Å². The Bertz CT molecular complexity index is 444. The van der Waals surface area contributed by atoms with Crippen molar-refractivity contribution in [2.75, 3.05) is 5.73 Å². The Morgan fingerprint density at radius 3 is 2.72 bits per heavy atom. The van der Waals surface area contributed by atoms with Gasteiger partial charge in [-0.3, -0.25) is 10.1 Å². The average molecular weight is 252 g/mol. The zero-order valence-corrected chi connectivity index (χ0v) is 10.2. The minimum Gasteiger partial charge on any atom is -0.469 e. The van der Waals surface area contributed by atoms with Crippen molar-refractivity contribution in [2.24, 2.45) is 5.92 Å². The summed E-state index contributed by atoms with van der Waals surface area (Å²) in [6.45, 7) is 2.20. The van der Waals surface area contributed by atoms with Gasteiger partial charge in [-0.15, -0.1) is 0 Å². The van der Waals surface area contributed by atoms with Crippen molar-refractivity contribution >= 4 is 11.6 Å². The van der Waals surface area contributed by atoms with Crippen molar-refractivity contribution in [1.29, 1.82) is 0 Å². The second-order valence-electron chi connectivity index (χ2n) is 4.68. The van der Waals surface area contributed by atoms with Gasteiger partial charge >= 0.3 is 5.69 Å². The molecule has 1 aliphatic carbocycles. The van der Waals surface area contributed by atoms with Crippen LogP contribution in [0.25, 0.3) is 0 Å². The molecule has 1 aliphatic rings. The summed E-state index contributed by atoms with van der Waals surface area (Å²) >= 11 is 0. The van der Waals surface area contributed by atoms with Crippen LogP contribution in [0.1, 0.15) is 32.6 Å². The topological polar surface area (TPSA) is 104 Å². The van der Waals surface area contributed by atoms with Gasteiger partial charge in [-0.2, -0.15) is 4.98 Å². The summed E-state index contributed by atoms with van der Waals surface area (Å²) in [5, 5.41) is 10.8. The molecule has 18 heavy (non-hydrogen) atoms. The van der Waals surface area contributed by atoms with Crippen molar-refractivity contribution in [3.05, 3.63) is 16.3 Å². The molecule has 2 rings (SSSR count). The monoisotopic (exact) mass is 252 g/mol. The van der Waals surface area contributed by atoms with Crippen molar-refractivity contribution in [2.45, 2.75) is 38.7 Å². The van der Waals surface area contributed by atoms with Gasteiger partial charge in [0.15, 0.2) is 0 Å². The van der Waals surface area contributed by atoms with Gasteiger partial charge in [0.1, 0.15) is 12.3 Å². The molecule has 1 heterocycles. The van der Waals surface area contributed by atoms with Crippen LogP contribution in [0.2, 0.25) is 0 Å². The largest absolute Gasteiger partial charge is 0.469 e. The predicted molar refractivity (Wildman–Crippen MR) is 65.1 cm³/mol. The quantitative estimate of drug-likeness (QED) is 0.651. The fourth-order valence-electron chi connectivity index (χ4n) is 2.09. The van der Waals surface area contributed by atoms with Gasteiger partial charge in [0.05, 0.1) is 4.92 Å². The summed E-state index contributed by atoms with van der Waals surface area (Å²) < 4.78 is 5.60. The molecule has 2 N–H and O–H groups in total. The maximum Gasteiger partial charge on any atom is 0.349 e. The molecular formula is C11H16N4O3. The van der Waals surface area contributed by atoms with Crippen LogP contribution in [0, 0.1) is 16.0 Å². The van der Waals surface area contributed by atoms with Crippen LogP contribution in [0.15, 0.2) is 6.20 Å².